The molecule has 0 unspecified atom stereocenters. The van der Waals surface area contributed by atoms with Crippen molar-refractivity contribution in [3.63, 3.8) is 0 Å². The van der Waals surface area contributed by atoms with Crippen LogP contribution >= 0.6 is 0 Å². The SMILES string of the molecule is CC(C)Cn1cncc1Cn1ccnc1-c1cn(C2CCNCC2)nn1. The first-order chi connectivity index (χ1) is 12.7. The highest BCUT2D eigenvalue weighted by Crippen LogP contribution is 2.21. The van der Waals surface area contributed by atoms with Crippen molar-refractivity contribution in [3.05, 3.63) is 36.8 Å². The predicted molar refractivity (Wildman–Crippen MR) is 98.6 cm³/mol. The largest absolute Gasteiger partial charge is 0.333 e. The Morgan fingerprint density at radius 3 is 2.88 bits per heavy atom. The third-order valence-corrected chi connectivity index (χ3v) is 4.83. The van der Waals surface area contributed by atoms with Crippen molar-refractivity contribution in [2.45, 2.75) is 45.8 Å². The van der Waals surface area contributed by atoms with Gasteiger partial charge in [0.2, 0.25) is 0 Å². The Morgan fingerprint density at radius 2 is 2.08 bits per heavy atom. The van der Waals surface area contributed by atoms with Gasteiger partial charge in [0.1, 0.15) is 5.69 Å². The lowest BCUT2D eigenvalue weighted by atomic mass is 10.1. The maximum absolute atomic E-state index is 4.52. The van der Waals surface area contributed by atoms with Gasteiger partial charge in [-0.15, -0.1) is 5.10 Å². The summed E-state index contributed by atoms with van der Waals surface area (Å²) >= 11 is 0. The van der Waals surface area contributed by atoms with Crippen LogP contribution in [0.3, 0.4) is 0 Å². The summed E-state index contributed by atoms with van der Waals surface area (Å²) in [5.41, 5.74) is 1.99. The second kappa shape index (κ2) is 7.41. The Kier molecular flexibility index (Phi) is 4.83. The minimum absolute atomic E-state index is 0.424. The molecule has 0 saturated carbocycles. The highest BCUT2D eigenvalue weighted by molar-refractivity contribution is 5.47. The highest BCUT2D eigenvalue weighted by Gasteiger charge is 2.18. The van der Waals surface area contributed by atoms with Crippen molar-refractivity contribution in [1.82, 2.24) is 39.4 Å². The minimum Gasteiger partial charge on any atom is -0.333 e. The number of piperidine rings is 1. The number of hydrogen-bond donors (Lipinski definition) is 1. The van der Waals surface area contributed by atoms with E-state index < -0.39 is 0 Å². The summed E-state index contributed by atoms with van der Waals surface area (Å²) in [5.74, 6) is 1.43. The van der Waals surface area contributed by atoms with Gasteiger partial charge >= 0.3 is 0 Å². The summed E-state index contributed by atoms with van der Waals surface area (Å²) in [5, 5.41) is 12.1. The van der Waals surface area contributed by atoms with Crippen LogP contribution in [0.25, 0.3) is 11.5 Å². The Bertz CT molecular complexity index is 837. The van der Waals surface area contributed by atoms with E-state index in [2.05, 4.69) is 48.6 Å². The van der Waals surface area contributed by atoms with Gasteiger partial charge in [0.15, 0.2) is 5.82 Å². The number of rotatable bonds is 6. The lowest BCUT2D eigenvalue weighted by Crippen LogP contribution is -2.29. The Labute approximate surface area is 153 Å². The first kappa shape index (κ1) is 17.0. The molecular formula is C18H26N8. The molecule has 0 amide bonds. The summed E-state index contributed by atoms with van der Waals surface area (Å²) in [4.78, 5) is 8.84. The van der Waals surface area contributed by atoms with Gasteiger partial charge in [-0.2, -0.15) is 0 Å². The standard InChI is InChI=1S/C18H26N8/c1-14(2)10-25-13-20-9-16(25)11-24-8-7-21-18(24)17-12-26(23-22-17)15-3-5-19-6-4-15/h7-9,12-15,19H,3-6,10-11H2,1-2H3. The average Bonchev–Trinajstić information content (AvgIpc) is 3.37. The van der Waals surface area contributed by atoms with E-state index in [4.69, 9.17) is 0 Å². The lowest BCUT2D eigenvalue weighted by Gasteiger charge is -2.22. The van der Waals surface area contributed by atoms with Crippen molar-refractivity contribution < 1.29 is 0 Å². The number of nitrogens with zero attached hydrogens (tertiary/aromatic N) is 7. The summed E-state index contributed by atoms with van der Waals surface area (Å²) in [6, 6.07) is 0.424. The van der Waals surface area contributed by atoms with Gasteiger partial charge in [0.25, 0.3) is 0 Å². The second-order valence-corrected chi connectivity index (χ2v) is 7.37. The van der Waals surface area contributed by atoms with Crippen LogP contribution in [0.1, 0.15) is 38.4 Å². The van der Waals surface area contributed by atoms with E-state index in [0.29, 0.717) is 12.0 Å². The Morgan fingerprint density at radius 1 is 1.23 bits per heavy atom. The molecule has 26 heavy (non-hydrogen) atoms. The van der Waals surface area contributed by atoms with Gasteiger partial charge in [-0.05, 0) is 31.8 Å². The average molecular weight is 354 g/mol. The first-order valence-electron chi connectivity index (χ1n) is 9.34. The van der Waals surface area contributed by atoms with E-state index in [1.165, 1.54) is 5.69 Å². The van der Waals surface area contributed by atoms with Crippen molar-refractivity contribution in [1.29, 1.82) is 0 Å². The van der Waals surface area contributed by atoms with Crippen LogP contribution in [-0.4, -0.2) is 47.2 Å². The van der Waals surface area contributed by atoms with Crippen LogP contribution in [0.5, 0.6) is 0 Å². The number of aromatic nitrogens is 7. The molecule has 8 heteroatoms. The molecule has 3 aromatic heterocycles. The monoisotopic (exact) mass is 354 g/mol. The molecule has 1 saturated heterocycles. The normalized spacial score (nSPS) is 15.8. The molecule has 4 rings (SSSR count). The summed E-state index contributed by atoms with van der Waals surface area (Å²) in [6.07, 6.45) is 11.8. The van der Waals surface area contributed by atoms with Crippen molar-refractivity contribution in [2.75, 3.05) is 13.1 Å². The third-order valence-electron chi connectivity index (χ3n) is 4.83. The van der Waals surface area contributed by atoms with Crippen LogP contribution in [0, 0.1) is 5.92 Å². The van der Waals surface area contributed by atoms with Crippen LogP contribution < -0.4 is 5.32 Å². The Balaban J connectivity index is 1.54. The quantitative estimate of drug-likeness (QED) is 0.732. The van der Waals surface area contributed by atoms with Gasteiger partial charge in [0, 0.05) is 25.1 Å². The van der Waals surface area contributed by atoms with Gasteiger partial charge in [-0.1, -0.05) is 19.1 Å². The maximum Gasteiger partial charge on any atom is 0.162 e. The van der Waals surface area contributed by atoms with E-state index in [1.807, 2.05) is 35.8 Å². The van der Waals surface area contributed by atoms with Crippen LogP contribution in [0.2, 0.25) is 0 Å². The summed E-state index contributed by atoms with van der Waals surface area (Å²) in [6.45, 7) is 8.19. The van der Waals surface area contributed by atoms with E-state index in [1.54, 1.807) is 0 Å². The third kappa shape index (κ3) is 3.55. The minimum atomic E-state index is 0.424. The molecule has 0 radical (unpaired) electrons. The predicted octanol–water partition coefficient (Wildman–Crippen LogP) is 1.97. The zero-order chi connectivity index (χ0) is 17.9. The van der Waals surface area contributed by atoms with Crippen LogP contribution in [0.15, 0.2) is 31.1 Å². The Hall–Kier alpha value is -2.48. The van der Waals surface area contributed by atoms with Crippen molar-refractivity contribution >= 4 is 0 Å². The maximum atomic E-state index is 4.52. The molecule has 3 aromatic rings. The summed E-state index contributed by atoms with van der Waals surface area (Å²) in [7, 11) is 0. The number of imidazole rings is 2. The molecule has 0 spiro atoms. The zero-order valence-electron chi connectivity index (χ0n) is 15.4. The molecule has 4 heterocycles. The molecule has 138 valence electrons. The van der Waals surface area contributed by atoms with Gasteiger partial charge < -0.3 is 14.5 Å². The van der Waals surface area contributed by atoms with E-state index in [-0.39, 0.29) is 0 Å². The van der Waals surface area contributed by atoms with Gasteiger partial charge in [-0.3, -0.25) is 0 Å². The van der Waals surface area contributed by atoms with Crippen LogP contribution in [0.4, 0.5) is 0 Å². The smallest absolute Gasteiger partial charge is 0.162 e. The van der Waals surface area contributed by atoms with Crippen LogP contribution in [-0.2, 0) is 13.1 Å². The second-order valence-electron chi connectivity index (χ2n) is 7.37. The molecule has 0 bridgehead atoms. The van der Waals surface area contributed by atoms with Gasteiger partial charge in [0.05, 0.1) is 30.8 Å². The fraction of sp³-hybridized carbons (Fsp3) is 0.556. The van der Waals surface area contributed by atoms with E-state index in [9.17, 15) is 0 Å². The lowest BCUT2D eigenvalue weighted by molar-refractivity contribution is 0.337. The number of hydrogen-bond acceptors (Lipinski definition) is 5. The van der Waals surface area contributed by atoms with E-state index >= 15 is 0 Å². The van der Waals surface area contributed by atoms with Crippen molar-refractivity contribution in [3.8, 4) is 11.5 Å². The summed E-state index contributed by atoms with van der Waals surface area (Å²) < 4.78 is 6.32. The molecule has 8 nitrogen and oxygen atoms in total. The van der Waals surface area contributed by atoms with Gasteiger partial charge in [-0.25, -0.2) is 14.6 Å². The molecule has 0 aliphatic carbocycles. The zero-order valence-corrected chi connectivity index (χ0v) is 15.4. The molecular weight excluding hydrogens is 328 g/mol. The number of nitrogens with one attached hydrogen (secondary N) is 1. The fourth-order valence-corrected chi connectivity index (χ4v) is 3.51. The molecule has 0 aromatic carbocycles. The molecule has 1 N–H and O–H groups in total. The fourth-order valence-electron chi connectivity index (χ4n) is 3.51. The molecule has 0 atom stereocenters. The molecule has 1 fully saturated rings. The van der Waals surface area contributed by atoms with E-state index in [0.717, 1.165) is 50.5 Å². The highest BCUT2D eigenvalue weighted by atomic mass is 15.4. The van der Waals surface area contributed by atoms with Crippen molar-refractivity contribution in [2.24, 2.45) is 5.92 Å². The molecule has 1 aliphatic rings. The first-order valence-corrected chi connectivity index (χ1v) is 9.34. The molecule has 1 aliphatic heterocycles. The topological polar surface area (TPSA) is 78.4 Å².